The Bertz CT molecular complexity index is 1250. The third kappa shape index (κ3) is 6.47. The van der Waals surface area contributed by atoms with Crippen LogP contribution in [0.25, 0.3) is 16.8 Å². The average Bonchev–Trinajstić information content (AvgIpc) is 3.37. The normalized spacial score (nSPS) is 19.5. The number of halogens is 2. The maximum Gasteiger partial charge on any atom is 0.318 e. The molecule has 1 N–H and O–H groups in total. The summed E-state index contributed by atoms with van der Waals surface area (Å²) in [7, 11) is 1.55. The van der Waals surface area contributed by atoms with Gasteiger partial charge in [-0.05, 0) is 51.8 Å². The van der Waals surface area contributed by atoms with E-state index in [1.165, 1.54) is 0 Å². The van der Waals surface area contributed by atoms with Crippen molar-refractivity contribution in [3.63, 3.8) is 0 Å². The number of hydrogen-bond acceptors (Lipinski definition) is 7. The first-order valence-corrected chi connectivity index (χ1v) is 12.7. The first-order chi connectivity index (χ1) is 18.2. The molecule has 0 aromatic carbocycles. The summed E-state index contributed by atoms with van der Waals surface area (Å²) in [5.41, 5.74) is 2.68. The Morgan fingerprint density at radius 2 is 2.08 bits per heavy atom. The predicted molar refractivity (Wildman–Crippen MR) is 137 cm³/mol. The average molecular weight is 533 g/mol. The molecule has 0 spiro atoms. The highest BCUT2D eigenvalue weighted by Gasteiger charge is 2.27. The molecule has 4 rings (SSSR count). The summed E-state index contributed by atoms with van der Waals surface area (Å²) in [6.07, 6.45) is 3.43. The molecule has 2 amide bonds. The Labute approximate surface area is 220 Å². The molecule has 1 aliphatic heterocycles. The Balaban J connectivity index is 1.72. The van der Waals surface area contributed by atoms with Gasteiger partial charge in [-0.25, -0.2) is 13.6 Å². The molecular weight excluding hydrogens is 498 g/mol. The van der Waals surface area contributed by atoms with Crippen molar-refractivity contribution >= 4 is 11.5 Å². The molecule has 2 atom stereocenters. The molecular formula is C26H34F2N6O4. The molecule has 38 heavy (non-hydrogen) atoms. The number of methoxy groups -OCH3 is 1. The van der Waals surface area contributed by atoms with E-state index in [0.29, 0.717) is 41.7 Å². The first-order valence-electron chi connectivity index (χ1n) is 12.7. The molecule has 1 aliphatic rings. The number of hydrogen-bond donors (Lipinski definition) is 1. The maximum absolute atomic E-state index is 13.6. The molecule has 0 unspecified atom stereocenters. The maximum atomic E-state index is 13.6. The van der Waals surface area contributed by atoms with Crippen LogP contribution < -0.4 is 14.8 Å². The van der Waals surface area contributed by atoms with Crippen LogP contribution in [0.3, 0.4) is 0 Å². The number of amides is 2. The second-order valence-corrected chi connectivity index (χ2v) is 9.37. The summed E-state index contributed by atoms with van der Waals surface area (Å²) in [5, 5.41) is 7.24. The van der Waals surface area contributed by atoms with Gasteiger partial charge in [-0.15, -0.1) is 0 Å². The summed E-state index contributed by atoms with van der Waals surface area (Å²) < 4.78 is 46.0. The minimum Gasteiger partial charge on any atom is -0.494 e. The molecule has 0 saturated heterocycles. The van der Waals surface area contributed by atoms with Crippen LogP contribution in [0, 0.1) is 0 Å². The smallest absolute Gasteiger partial charge is 0.318 e. The largest absolute Gasteiger partial charge is 0.494 e. The summed E-state index contributed by atoms with van der Waals surface area (Å²) >= 11 is 0. The number of carbonyl (C=O) groups excluding carboxylic acids is 1. The van der Waals surface area contributed by atoms with Crippen molar-refractivity contribution in [2.45, 2.75) is 58.0 Å². The molecule has 10 nitrogen and oxygen atoms in total. The van der Waals surface area contributed by atoms with Gasteiger partial charge in [0.2, 0.25) is 5.92 Å². The number of fused-ring (bicyclic) bond motifs is 7. The van der Waals surface area contributed by atoms with Crippen molar-refractivity contribution in [2.24, 2.45) is 0 Å². The second kappa shape index (κ2) is 11.9. The van der Waals surface area contributed by atoms with Crippen molar-refractivity contribution in [3.8, 4) is 23.0 Å². The van der Waals surface area contributed by atoms with E-state index < -0.39 is 18.0 Å². The van der Waals surface area contributed by atoms with Crippen LogP contribution in [0.5, 0.6) is 11.8 Å². The lowest BCUT2D eigenvalue weighted by molar-refractivity contribution is 0.00681. The van der Waals surface area contributed by atoms with E-state index in [2.05, 4.69) is 15.4 Å². The second-order valence-electron chi connectivity index (χ2n) is 9.37. The van der Waals surface area contributed by atoms with Crippen molar-refractivity contribution < 1.29 is 27.8 Å². The third-order valence-electron chi connectivity index (χ3n) is 6.56. The fourth-order valence-electron chi connectivity index (χ4n) is 4.43. The van der Waals surface area contributed by atoms with Gasteiger partial charge in [-0.1, -0.05) is 0 Å². The van der Waals surface area contributed by atoms with Gasteiger partial charge in [-0.2, -0.15) is 14.6 Å². The van der Waals surface area contributed by atoms with E-state index in [-0.39, 0.29) is 38.7 Å². The highest BCUT2D eigenvalue weighted by Crippen LogP contribution is 2.33. The summed E-state index contributed by atoms with van der Waals surface area (Å²) in [4.78, 5) is 24.2. The fourth-order valence-corrected chi connectivity index (χ4v) is 4.43. The van der Waals surface area contributed by atoms with Gasteiger partial charge in [0.15, 0.2) is 0 Å². The third-order valence-corrected chi connectivity index (χ3v) is 6.56. The van der Waals surface area contributed by atoms with Crippen molar-refractivity contribution in [1.82, 2.24) is 29.8 Å². The van der Waals surface area contributed by atoms with Crippen LogP contribution in [0.1, 0.15) is 51.8 Å². The summed E-state index contributed by atoms with van der Waals surface area (Å²) in [6.45, 7) is 5.73. The van der Waals surface area contributed by atoms with Crippen LogP contribution in [-0.2, 0) is 4.74 Å². The van der Waals surface area contributed by atoms with Crippen LogP contribution in [0.15, 0.2) is 30.6 Å². The standard InChI is InChI=1S/C26H34F2N6O4/c1-5-33-17(2)21-15-20(23(36-4)16-29-21)22-14-19-7-10-30-34(19)25(32-22)38-13-12-37-11-8-18(31-24(33)35)6-9-26(3,27)28/h7,10,14-18H,5-6,8-9,11-13H2,1-4H3,(H,31,35)/t17-,18+/m1/s1. The van der Waals surface area contributed by atoms with E-state index in [1.54, 1.807) is 28.9 Å². The molecule has 4 heterocycles. The molecule has 0 saturated carbocycles. The summed E-state index contributed by atoms with van der Waals surface area (Å²) in [5.74, 6) is -2.32. The van der Waals surface area contributed by atoms with E-state index >= 15 is 0 Å². The molecule has 206 valence electrons. The number of aromatic nitrogens is 4. The van der Waals surface area contributed by atoms with E-state index in [4.69, 9.17) is 19.2 Å². The van der Waals surface area contributed by atoms with Gasteiger partial charge in [0.25, 0.3) is 0 Å². The van der Waals surface area contributed by atoms with Gasteiger partial charge in [0, 0.05) is 31.2 Å². The lowest BCUT2D eigenvalue weighted by Gasteiger charge is -2.31. The molecule has 0 radical (unpaired) electrons. The Morgan fingerprint density at radius 1 is 1.26 bits per heavy atom. The number of pyridine rings is 1. The van der Waals surface area contributed by atoms with Crippen molar-refractivity contribution in [2.75, 3.05) is 33.5 Å². The van der Waals surface area contributed by atoms with E-state index in [9.17, 15) is 13.6 Å². The Kier molecular flexibility index (Phi) is 8.60. The monoisotopic (exact) mass is 532 g/mol. The molecule has 12 heteroatoms. The Hall–Kier alpha value is -3.54. The lowest BCUT2D eigenvalue weighted by Crippen LogP contribution is -2.46. The first kappa shape index (κ1) is 27.5. The number of ether oxygens (including phenoxy) is 3. The van der Waals surface area contributed by atoms with E-state index in [0.717, 1.165) is 12.4 Å². The fraction of sp³-hybridized carbons (Fsp3) is 0.538. The topological polar surface area (TPSA) is 103 Å². The van der Waals surface area contributed by atoms with E-state index in [1.807, 2.05) is 32.0 Å². The zero-order valence-corrected chi connectivity index (χ0v) is 22.1. The molecule has 4 bridgehead atoms. The number of urea groups is 1. The number of nitrogens with one attached hydrogen (secondary N) is 1. The summed E-state index contributed by atoms with van der Waals surface area (Å²) in [6, 6.07) is 4.60. The lowest BCUT2D eigenvalue weighted by atomic mass is 10.1. The van der Waals surface area contributed by atoms with Gasteiger partial charge in [-0.3, -0.25) is 4.98 Å². The molecule has 3 aromatic heterocycles. The van der Waals surface area contributed by atoms with Gasteiger partial charge in [0.1, 0.15) is 12.4 Å². The van der Waals surface area contributed by atoms with Gasteiger partial charge >= 0.3 is 12.0 Å². The highest BCUT2D eigenvalue weighted by molar-refractivity contribution is 5.75. The number of nitrogens with zero attached hydrogens (tertiary/aromatic N) is 5. The van der Waals surface area contributed by atoms with Crippen LogP contribution in [-0.4, -0.2) is 76.0 Å². The van der Waals surface area contributed by atoms with Crippen molar-refractivity contribution in [3.05, 3.63) is 36.3 Å². The van der Waals surface area contributed by atoms with Crippen LogP contribution in [0.2, 0.25) is 0 Å². The van der Waals surface area contributed by atoms with Crippen molar-refractivity contribution in [1.29, 1.82) is 0 Å². The van der Waals surface area contributed by atoms with Gasteiger partial charge < -0.3 is 24.4 Å². The SMILES string of the molecule is CCN1C(=O)N[C@@H](CCC(C)(F)F)CCOCCOc2nc(cc3ccnn23)-c2cc(ncc2OC)[C@H]1C. The number of carbonyl (C=O) groups is 1. The zero-order chi connectivity index (χ0) is 27.3. The highest BCUT2D eigenvalue weighted by atomic mass is 19.3. The quantitative estimate of drug-likeness (QED) is 0.516. The van der Waals surface area contributed by atoms with Crippen LogP contribution in [0.4, 0.5) is 13.6 Å². The zero-order valence-electron chi connectivity index (χ0n) is 22.1. The number of alkyl halides is 2. The van der Waals surface area contributed by atoms with Gasteiger partial charge in [0.05, 0.1) is 49.1 Å². The predicted octanol–water partition coefficient (Wildman–Crippen LogP) is 4.50. The minimum absolute atomic E-state index is 0.124. The molecule has 0 aliphatic carbocycles. The minimum atomic E-state index is -2.83. The molecule has 0 fully saturated rings. The Morgan fingerprint density at radius 3 is 2.82 bits per heavy atom. The molecule has 3 aromatic rings. The number of rotatable bonds is 5. The van der Waals surface area contributed by atoms with Crippen LogP contribution >= 0.6 is 0 Å².